The number of pyridine rings is 1. The zero-order chi connectivity index (χ0) is 12.3. The van der Waals surface area contributed by atoms with Crippen molar-refractivity contribution in [2.75, 3.05) is 0 Å². The number of hydrogen-bond acceptors (Lipinski definition) is 5. The Hall–Kier alpha value is -2.50. The minimum absolute atomic E-state index is 0.0382. The van der Waals surface area contributed by atoms with E-state index in [0.29, 0.717) is 0 Å². The van der Waals surface area contributed by atoms with E-state index < -0.39 is 5.97 Å². The summed E-state index contributed by atoms with van der Waals surface area (Å²) in [5, 5.41) is 8.96. The van der Waals surface area contributed by atoms with Crippen molar-refractivity contribution in [2.45, 2.75) is 6.92 Å². The normalized spacial score (nSPS) is 9.94. The van der Waals surface area contributed by atoms with Gasteiger partial charge in [0, 0.05) is 18.0 Å². The number of aromatic carboxylic acids is 1. The van der Waals surface area contributed by atoms with Gasteiger partial charge in [-0.3, -0.25) is 4.98 Å². The molecule has 0 atom stereocenters. The molecule has 0 aliphatic heterocycles. The molecule has 0 spiro atoms. The highest BCUT2D eigenvalue weighted by molar-refractivity contribution is 5.90. The van der Waals surface area contributed by atoms with Gasteiger partial charge in [0.1, 0.15) is 11.9 Å². The van der Waals surface area contributed by atoms with Crippen LogP contribution >= 0.6 is 0 Å². The van der Waals surface area contributed by atoms with E-state index in [2.05, 4.69) is 15.0 Å². The van der Waals surface area contributed by atoms with Crippen LogP contribution in [-0.4, -0.2) is 26.0 Å². The Labute approximate surface area is 96.9 Å². The van der Waals surface area contributed by atoms with E-state index in [4.69, 9.17) is 9.84 Å². The second kappa shape index (κ2) is 4.56. The van der Waals surface area contributed by atoms with Crippen molar-refractivity contribution in [3.8, 4) is 11.6 Å². The molecule has 2 rings (SSSR count). The molecule has 0 bridgehead atoms. The predicted molar refractivity (Wildman–Crippen MR) is 58.0 cm³/mol. The van der Waals surface area contributed by atoms with Gasteiger partial charge in [-0.15, -0.1) is 0 Å². The predicted octanol–water partition coefficient (Wildman–Crippen LogP) is 1.67. The maximum absolute atomic E-state index is 10.9. The fourth-order valence-electron chi connectivity index (χ4n) is 1.24. The third kappa shape index (κ3) is 2.54. The molecule has 0 unspecified atom stereocenters. The second-order valence-electron chi connectivity index (χ2n) is 3.28. The molecule has 2 aromatic heterocycles. The molecule has 0 radical (unpaired) electrons. The SMILES string of the molecule is Cc1cc(Oc2cnccc2C(=O)O)ncn1. The van der Waals surface area contributed by atoms with Crippen LogP contribution in [0.5, 0.6) is 11.6 Å². The molecule has 2 aromatic rings. The number of aromatic nitrogens is 3. The Bertz CT molecular complexity index is 557. The molecule has 86 valence electrons. The van der Waals surface area contributed by atoms with Crippen LogP contribution in [0.15, 0.2) is 30.9 Å². The molecular weight excluding hydrogens is 222 g/mol. The number of carbonyl (C=O) groups is 1. The summed E-state index contributed by atoms with van der Waals surface area (Å²) in [6, 6.07) is 2.98. The molecule has 2 heterocycles. The summed E-state index contributed by atoms with van der Waals surface area (Å²) in [6.07, 6.45) is 4.07. The van der Waals surface area contributed by atoms with Crippen LogP contribution in [0, 0.1) is 6.92 Å². The Morgan fingerprint density at radius 1 is 1.41 bits per heavy atom. The van der Waals surface area contributed by atoms with Gasteiger partial charge in [-0.25, -0.2) is 14.8 Å². The molecule has 6 heteroatoms. The number of ether oxygens (including phenoxy) is 1. The van der Waals surface area contributed by atoms with E-state index in [-0.39, 0.29) is 17.2 Å². The summed E-state index contributed by atoms with van der Waals surface area (Å²) in [6.45, 7) is 1.79. The molecule has 0 saturated carbocycles. The molecule has 0 saturated heterocycles. The molecule has 1 N–H and O–H groups in total. The first-order valence-electron chi connectivity index (χ1n) is 4.80. The van der Waals surface area contributed by atoms with Gasteiger partial charge in [0.2, 0.25) is 5.88 Å². The first kappa shape index (κ1) is 11.0. The fraction of sp³-hybridized carbons (Fsp3) is 0.0909. The average Bonchev–Trinajstić information content (AvgIpc) is 2.29. The van der Waals surface area contributed by atoms with Gasteiger partial charge in [0.15, 0.2) is 5.75 Å². The van der Waals surface area contributed by atoms with Gasteiger partial charge in [-0.05, 0) is 13.0 Å². The average molecular weight is 231 g/mol. The van der Waals surface area contributed by atoms with Crippen LogP contribution in [0.2, 0.25) is 0 Å². The number of carboxylic acids is 1. The minimum atomic E-state index is -1.08. The van der Waals surface area contributed by atoms with Crippen molar-refractivity contribution in [1.82, 2.24) is 15.0 Å². The lowest BCUT2D eigenvalue weighted by atomic mass is 10.2. The Morgan fingerprint density at radius 2 is 2.24 bits per heavy atom. The van der Waals surface area contributed by atoms with Crippen LogP contribution in [0.4, 0.5) is 0 Å². The van der Waals surface area contributed by atoms with Gasteiger partial charge >= 0.3 is 5.97 Å². The van der Waals surface area contributed by atoms with E-state index in [1.807, 2.05) is 0 Å². The van der Waals surface area contributed by atoms with E-state index in [0.717, 1.165) is 5.69 Å². The topological polar surface area (TPSA) is 85.2 Å². The Morgan fingerprint density at radius 3 is 2.94 bits per heavy atom. The lowest BCUT2D eigenvalue weighted by Gasteiger charge is -2.06. The third-order valence-corrected chi connectivity index (χ3v) is 2.01. The lowest BCUT2D eigenvalue weighted by molar-refractivity contribution is 0.0694. The maximum Gasteiger partial charge on any atom is 0.339 e. The van der Waals surface area contributed by atoms with Crippen molar-refractivity contribution in [3.05, 3.63) is 42.1 Å². The van der Waals surface area contributed by atoms with Crippen LogP contribution in [-0.2, 0) is 0 Å². The zero-order valence-electron chi connectivity index (χ0n) is 8.99. The van der Waals surface area contributed by atoms with E-state index in [1.54, 1.807) is 13.0 Å². The van der Waals surface area contributed by atoms with Crippen LogP contribution in [0.25, 0.3) is 0 Å². The van der Waals surface area contributed by atoms with Crippen LogP contribution < -0.4 is 4.74 Å². The van der Waals surface area contributed by atoms with Crippen molar-refractivity contribution >= 4 is 5.97 Å². The molecule has 0 amide bonds. The first-order valence-corrected chi connectivity index (χ1v) is 4.80. The Balaban J connectivity index is 2.33. The standard InChI is InChI=1S/C11H9N3O3/c1-7-4-10(14-6-13-7)17-9-5-12-3-2-8(9)11(15)16/h2-6H,1H3,(H,15,16). The largest absolute Gasteiger partial charge is 0.478 e. The van der Waals surface area contributed by atoms with Crippen molar-refractivity contribution in [2.24, 2.45) is 0 Å². The number of aryl methyl sites for hydroxylation is 1. The minimum Gasteiger partial charge on any atom is -0.478 e. The van der Waals surface area contributed by atoms with Gasteiger partial charge in [-0.2, -0.15) is 0 Å². The lowest BCUT2D eigenvalue weighted by Crippen LogP contribution is -2.01. The number of nitrogens with zero attached hydrogens (tertiary/aromatic N) is 3. The highest BCUT2D eigenvalue weighted by Gasteiger charge is 2.12. The van der Waals surface area contributed by atoms with E-state index in [1.165, 1.54) is 24.8 Å². The van der Waals surface area contributed by atoms with Crippen LogP contribution in [0.1, 0.15) is 16.1 Å². The molecule has 0 aromatic carbocycles. The third-order valence-electron chi connectivity index (χ3n) is 2.01. The number of hydrogen-bond donors (Lipinski definition) is 1. The smallest absolute Gasteiger partial charge is 0.339 e. The monoisotopic (exact) mass is 231 g/mol. The highest BCUT2D eigenvalue weighted by Crippen LogP contribution is 2.22. The quantitative estimate of drug-likeness (QED) is 0.864. The highest BCUT2D eigenvalue weighted by atomic mass is 16.5. The van der Waals surface area contributed by atoms with Crippen molar-refractivity contribution < 1.29 is 14.6 Å². The summed E-state index contributed by atoms with van der Waals surface area (Å²) in [7, 11) is 0. The van der Waals surface area contributed by atoms with Crippen molar-refractivity contribution in [3.63, 3.8) is 0 Å². The summed E-state index contributed by atoms with van der Waals surface area (Å²) in [5.41, 5.74) is 0.770. The van der Waals surface area contributed by atoms with Gasteiger partial charge in [-0.1, -0.05) is 0 Å². The fourth-order valence-corrected chi connectivity index (χ4v) is 1.24. The van der Waals surface area contributed by atoms with E-state index >= 15 is 0 Å². The molecule has 6 nitrogen and oxygen atoms in total. The second-order valence-corrected chi connectivity index (χ2v) is 3.28. The number of rotatable bonds is 3. The van der Waals surface area contributed by atoms with Crippen molar-refractivity contribution in [1.29, 1.82) is 0 Å². The van der Waals surface area contributed by atoms with Gasteiger partial charge < -0.3 is 9.84 Å². The molecular formula is C11H9N3O3. The molecule has 0 aliphatic rings. The number of carboxylic acid groups (broad SMARTS) is 1. The van der Waals surface area contributed by atoms with Gasteiger partial charge in [0.05, 0.1) is 6.20 Å². The summed E-state index contributed by atoms with van der Waals surface area (Å²) < 4.78 is 5.36. The summed E-state index contributed by atoms with van der Waals surface area (Å²) >= 11 is 0. The molecule has 0 fully saturated rings. The molecule has 17 heavy (non-hydrogen) atoms. The maximum atomic E-state index is 10.9. The van der Waals surface area contributed by atoms with Gasteiger partial charge in [0.25, 0.3) is 0 Å². The zero-order valence-corrected chi connectivity index (χ0v) is 8.99. The van der Waals surface area contributed by atoms with Crippen LogP contribution in [0.3, 0.4) is 0 Å². The van der Waals surface area contributed by atoms with E-state index in [9.17, 15) is 4.79 Å². The summed E-state index contributed by atoms with van der Waals surface area (Å²) in [4.78, 5) is 22.6. The summed E-state index contributed by atoms with van der Waals surface area (Å²) in [5.74, 6) is -0.640. The Kier molecular flexibility index (Phi) is 2.95. The first-order chi connectivity index (χ1) is 8.16. The molecule has 0 aliphatic carbocycles.